The quantitative estimate of drug-likeness (QED) is 0.717. The first-order valence-corrected chi connectivity index (χ1v) is 10.0. The highest BCUT2D eigenvalue weighted by Gasteiger charge is 2.38. The fourth-order valence-corrected chi connectivity index (χ4v) is 4.32. The topological polar surface area (TPSA) is 53.3 Å². The van der Waals surface area contributed by atoms with Crippen LogP contribution in [0.1, 0.15) is 42.4 Å². The molecule has 4 rings (SSSR count). The van der Waals surface area contributed by atoms with E-state index in [0.29, 0.717) is 12.0 Å². The van der Waals surface area contributed by atoms with Gasteiger partial charge in [-0.1, -0.05) is 42.5 Å². The number of ether oxygens (including phenoxy) is 1. The molecule has 0 aromatic heterocycles. The zero-order valence-electron chi connectivity index (χ0n) is 16.2. The fraction of sp³-hybridized carbons (Fsp3) is 0.333. The second-order valence-electron chi connectivity index (χ2n) is 7.64. The highest BCUT2D eigenvalue weighted by Crippen LogP contribution is 2.38. The zero-order valence-corrected chi connectivity index (χ0v) is 16.2. The number of carbonyl (C=O) groups is 1. The molecule has 1 fully saturated rings. The molecule has 2 unspecified atom stereocenters. The van der Waals surface area contributed by atoms with Crippen molar-refractivity contribution in [2.45, 2.75) is 50.8 Å². The second-order valence-corrected chi connectivity index (χ2v) is 7.64. The van der Waals surface area contributed by atoms with E-state index in [4.69, 9.17) is 10.00 Å². The maximum absolute atomic E-state index is 13.9. The Bertz CT molecular complexity index is 965. The van der Waals surface area contributed by atoms with Crippen LogP contribution < -0.4 is 0 Å². The first kappa shape index (κ1) is 19.2. The predicted molar refractivity (Wildman–Crippen MR) is 108 cm³/mol. The molecule has 29 heavy (non-hydrogen) atoms. The molecular formula is C24H23FN2O2. The molecule has 2 aromatic carbocycles. The minimum absolute atomic E-state index is 0.00903. The number of benzene rings is 2. The van der Waals surface area contributed by atoms with Crippen molar-refractivity contribution < 1.29 is 13.9 Å². The number of nitriles is 1. The summed E-state index contributed by atoms with van der Waals surface area (Å²) in [6.07, 6.45) is 5.51. The molecule has 2 bridgehead atoms. The molecule has 4 nitrogen and oxygen atoms in total. The van der Waals surface area contributed by atoms with Gasteiger partial charge in [0.25, 0.3) is 0 Å². The van der Waals surface area contributed by atoms with Crippen LogP contribution in [0.2, 0.25) is 0 Å². The third-order valence-corrected chi connectivity index (χ3v) is 5.74. The number of nitrogens with zero attached hydrogens (tertiary/aromatic N) is 2. The van der Waals surface area contributed by atoms with E-state index in [-0.39, 0.29) is 37.0 Å². The molecule has 148 valence electrons. The van der Waals surface area contributed by atoms with Crippen molar-refractivity contribution in [2.75, 3.05) is 0 Å². The lowest BCUT2D eigenvalue weighted by molar-refractivity contribution is 0.0510. The number of halogens is 1. The molecule has 2 heterocycles. The summed E-state index contributed by atoms with van der Waals surface area (Å²) in [7, 11) is 0. The molecule has 0 radical (unpaired) electrons. The average Bonchev–Trinajstić information content (AvgIpc) is 2.73. The lowest BCUT2D eigenvalue weighted by Crippen LogP contribution is -2.51. The van der Waals surface area contributed by atoms with E-state index < -0.39 is 0 Å². The lowest BCUT2D eigenvalue weighted by atomic mass is 9.83. The molecule has 2 aliphatic heterocycles. The number of hydrogen-bond acceptors (Lipinski definition) is 3. The summed E-state index contributed by atoms with van der Waals surface area (Å²) >= 11 is 0. The van der Waals surface area contributed by atoms with Crippen LogP contribution in [0.4, 0.5) is 9.18 Å². The van der Waals surface area contributed by atoms with Crippen LogP contribution in [0.25, 0.3) is 5.57 Å². The van der Waals surface area contributed by atoms with Crippen LogP contribution in [-0.2, 0) is 17.8 Å². The van der Waals surface area contributed by atoms with Crippen LogP contribution >= 0.6 is 0 Å². The van der Waals surface area contributed by atoms with E-state index in [1.54, 1.807) is 12.1 Å². The monoisotopic (exact) mass is 390 g/mol. The van der Waals surface area contributed by atoms with Gasteiger partial charge in [0.15, 0.2) is 0 Å². The largest absolute Gasteiger partial charge is 0.445 e. The Morgan fingerprint density at radius 1 is 1.21 bits per heavy atom. The van der Waals surface area contributed by atoms with E-state index in [0.717, 1.165) is 36.0 Å². The summed E-state index contributed by atoms with van der Waals surface area (Å²) in [5.41, 5.74) is 3.44. The van der Waals surface area contributed by atoms with Crippen molar-refractivity contribution in [1.82, 2.24) is 4.90 Å². The molecular weight excluding hydrogens is 367 g/mol. The van der Waals surface area contributed by atoms with Gasteiger partial charge in [-0.05, 0) is 54.5 Å². The van der Waals surface area contributed by atoms with Gasteiger partial charge in [-0.15, -0.1) is 0 Å². The normalized spacial score (nSPS) is 20.6. The standard InChI is InChI=1S/C24H23FN2O2/c25-23-10-9-18(13-19(23)11-12-26)20-14-21-7-4-8-22(15-20)27(21)24(28)29-16-17-5-2-1-3-6-17/h1-3,5-6,9-10,13-14,21-22H,4,7-8,11,15-16H2. The fourth-order valence-electron chi connectivity index (χ4n) is 4.32. The maximum Gasteiger partial charge on any atom is 0.410 e. The molecule has 5 heteroatoms. The summed E-state index contributed by atoms with van der Waals surface area (Å²) in [5.74, 6) is -0.349. The van der Waals surface area contributed by atoms with E-state index in [1.165, 1.54) is 6.07 Å². The van der Waals surface area contributed by atoms with Gasteiger partial charge in [-0.3, -0.25) is 4.90 Å². The predicted octanol–water partition coefficient (Wildman–Crippen LogP) is 5.24. The van der Waals surface area contributed by atoms with E-state index >= 15 is 0 Å². The minimum atomic E-state index is -0.349. The van der Waals surface area contributed by atoms with Crippen molar-refractivity contribution in [3.8, 4) is 6.07 Å². The molecule has 1 saturated heterocycles. The Labute approximate surface area is 170 Å². The van der Waals surface area contributed by atoms with Crippen LogP contribution in [0.15, 0.2) is 54.6 Å². The number of hydrogen-bond donors (Lipinski definition) is 0. The van der Waals surface area contributed by atoms with Crippen molar-refractivity contribution >= 4 is 11.7 Å². The lowest BCUT2D eigenvalue weighted by Gasteiger charge is -2.44. The second kappa shape index (κ2) is 8.48. The molecule has 0 aliphatic carbocycles. The van der Waals surface area contributed by atoms with Crippen molar-refractivity contribution in [3.63, 3.8) is 0 Å². The van der Waals surface area contributed by atoms with Gasteiger partial charge in [0.05, 0.1) is 18.5 Å². The minimum Gasteiger partial charge on any atom is -0.445 e. The third-order valence-electron chi connectivity index (χ3n) is 5.74. The number of amides is 1. The Morgan fingerprint density at radius 2 is 2.03 bits per heavy atom. The summed E-state index contributed by atoms with van der Waals surface area (Å²) in [6, 6.07) is 16.7. The van der Waals surface area contributed by atoms with Crippen molar-refractivity contribution in [2.24, 2.45) is 0 Å². The molecule has 1 amide bonds. The summed E-state index contributed by atoms with van der Waals surface area (Å²) < 4.78 is 19.5. The maximum atomic E-state index is 13.9. The SMILES string of the molecule is N#CCc1cc(C2=CC3CCCC(C2)N3C(=O)OCc2ccccc2)ccc1F. The van der Waals surface area contributed by atoms with E-state index in [2.05, 4.69) is 6.08 Å². The van der Waals surface area contributed by atoms with Gasteiger partial charge in [-0.25, -0.2) is 9.18 Å². The van der Waals surface area contributed by atoms with Gasteiger partial charge >= 0.3 is 6.09 Å². The van der Waals surface area contributed by atoms with Gasteiger partial charge in [0.1, 0.15) is 12.4 Å². The number of carbonyl (C=O) groups excluding carboxylic acids is 1. The van der Waals surface area contributed by atoms with Crippen LogP contribution in [0, 0.1) is 17.1 Å². The molecule has 0 N–H and O–H groups in total. The van der Waals surface area contributed by atoms with Crippen molar-refractivity contribution in [3.05, 3.63) is 77.1 Å². The first-order valence-electron chi connectivity index (χ1n) is 10.0. The number of rotatable bonds is 4. The van der Waals surface area contributed by atoms with Crippen LogP contribution in [0.5, 0.6) is 0 Å². The Hall–Kier alpha value is -3.13. The van der Waals surface area contributed by atoms with E-state index in [1.807, 2.05) is 41.3 Å². The Kier molecular flexibility index (Phi) is 5.62. The molecule has 2 aliphatic rings. The van der Waals surface area contributed by atoms with Gasteiger partial charge in [-0.2, -0.15) is 5.26 Å². The average molecular weight is 390 g/mol. The van der Waals surface area contributed by atoms with Gasteiger partial charge in [0.2, 0.25) is 0 Å². The Balaban J connectivity index is 1.52. The summed E-state index contributed by atoms with van der Waals surface area (Å²) in [6.45, 7) is 0.266. The van der Waals surface area contributed by atoms with Crippen LogP contribution in [-0.4, -0.2) is 23.1 Å². The van der Waals surface area contributed by atoms with Crippen molar-refractivity contribution in [1.29, 1.82) is 5.26 Å². The highest BCUT2D eigenvalue weighted by atomic mass is 19.1. The molecule has 2 atom stereocenters. The van der Waals surface area contributed by atoms with E-state index in [9.17, 15) is 9.18 Å². The summed E-state index contributed by atoms with van der Waals surface area (Å²) in [4.78, 5) is 14.7. The zero-order chi connectivity index (χ0) is 20.2. The molecule has 0 saturated carbocycles. The summed E-state index contributed by atoms with van der Waals surface area (Å²) in [5, 5.41) is 8.92. The molecule has 2 aromatic rings. The number of fused-ring (bicyclic) bond motifs is 2. The van der Waals surface area contributed by atoms with Crippen LogP contribution in [0.3, 0.4) is 0 Å². The third kappa shape index (κ3) is 4.17. The smallest absolute Gasteiger partial charge is 0.410 e. The molecule has 0 spiro atoms. The van der Waals surface area contributed by atoms with Gasteiger partial charge < -0.3 is 4.74 Å². The highest BCUT2D eigenvalue weighted by molar-refractivity contribution is 5.74. The number of piperidine rings is 1. The van der Waals surface area contributed by atoms with Gasteiger partial charge in [0, 0.05) is 11.6 Å². The Morgan fingerprint density at radius 3 is 2.79 bits per heavy atom. The first-order chi connectivity index (χ1) is 14.2.